The number of hydrogen-bond acceptors (Lipinski definition) is 3. The van der Waals surface area contributed by atoms with Crippen LogP contribution in [-0.4, -0.2) is 39.8 Å². The standard InChI is InChI=1S/C8H18ClNO3S/c1-2-3-6-13-7-5-10-14(11,12)8-4-9/h10H,2-8H2,1H3. The molecule has 0 radical (unpaired) electrons. The van der Waals surface area contributed by atoms with Crippen molar-refractivity contribution in [1.82, 2.24) is 4.72 Å². The van der Waals surface area contributed by atoms with Gasteiger partial charge in [-0.25, -0.2) is 13.1 Å². The number of sulfonamides is 1. The average Bonchev–Trinajstić information content (AvgIpc) is 2.11. The van der Waals surface area contributed by atoms with Crippen molar-refractivity contribution >= 4 is 21.6 Å². The lowest BCUT2D eigenvalue weighted by Crippen LogP contribution is -2.30. The molecule has 0 aliphatic carbocycles. The van der Waals surface area contributed by atoms with Gasteiger partial charge in [-0.1, -0.05) is 13.3 Å². The molecule has 0 aliphatic heterocycles. The summed E-state index contributed by atoms with van der Waals surface area (Å²) >= 11 is 5.32. The van der Waals surface area contributed by atoms with Crippen molar-refractivity contribution in [2.45, 2.75) is 19.8 Å². The van der Waals surface area contributed by atoms with Crippen LogP contribution in [0.1, 0.15) is 19.8 Å². The molecule has 0 saturated carbocycles. The molecule has 4 nitrogen and oxygen atoms in total. The van der Waals surface area contributed by atoms with Crippen molar-refractivity contribution < 1.29 is 13.2 Å². The number of nitrogens with one attached hydrogen (secondary N) is 1. The fourth-order valence-corrected chi connectivity index (χ4v) is 2.14. The number of halogens is 1. The summed E-state index contributed by atoms with van der Waals surface area (Å²) in [6.07, 6.45) is 2.09. The molecule has 0 aromatic carbocycles. The second kappa shape index (κ2) is 8.47. The van der Waals surface area contributed by atoms with E-state index in [2.05, 4.69) is 11.6 Å². The van der Waals surface area contributed by atoms with Crippen LogP contribution in [0.25, 0.3) is 0 Å². The highest BCUT2D eigenvalue weighted by Crippen LogP contribution is 1.89. The van der Waals surface area contributed by atoms with E-state index in [1.54, 1.807) is 0 Å². The van der Waals surface area contributed by atoms with E-state index in [9.17, 15) is 8.42 Å². The molecule has 6 heteroatoms. The molecule has 0 unspecified atom stereocenters. The largest absolute Gasteiger partial charge is 0.380 e. The van der Waals surface area contributed by atoms with Crippen LogP contribution >= 0.6 is 11.6 Å². The number of unbranched alkanes of at least 4 members (excludes halogenated alkanes) is 1. The Labute approximate surface area is 91.0 Å². The third kappa shape index (κ3) is 8.74. The molecule has 0 aromatic heterocycles. The summed E-state index contributed by atoms with van der Waals surface area (Å²) in [6.45, 7) is 3.50. The first-order valence-electron chi connectivity index (χ1n) is 4.73. The molecule has 0 bridgehead atoms. The van der Waals surface area contributed by atoms with E-state index in [-0.39, 0.29) is 11.6 Å². The lowest BCUT2D eigenvalue weighted by atomic mass is 10.4. The van der Waals surface area contributed by atoms with Crippen LogP contribution in [0, 0.1) is 0 Å². The van der Waals surface area contributed by atoms with Crippen molar-refractivity contribution in [3.05, 3.63) is 0 Å². The minimum Gasteiger partial charge on any atom is -0.380 e. The quantitative estimate of drug-likeness (QED) is 0.485. The molecule has 0 atom stereocenters. The van der Waals surface area contributed by atoms with Gasteiger partial charge in [0.1, 0.15) is 0 Å². The molecule has 0 aliphatic rings. The van der Waals surface area contributed by atoms with Gasteiger partial charge in [0, 0.05) is 19.0 Å². The van der Waals surface area contributed by atoms with Crippen molar-refractivity contribution in [3.63, 3.8) is 0 Å². The molecular weight excluding hydrogens is 226 g/mol. The van der Waals surface area contributed by atoms with Crippen LogP contribution in [0.5, 0.6) is 0 Å². The van der Waals surface area contributed by atoms with Crippen molar-refractivity contribution in [3.8, 4) is 0 Å². The van der Waals surface area contributed by atoms with Gasteiger partial charge in [0.25, 0.3) is 0 Å². The van der Waals surface area contributed by atoms with E-state index in [0.29, 0.717) is 19.8 Å². The predicted octanol–water partition coefficient (Wildman–Crippen LogP) is 0.961. The zero-order valence-corrected chi connectivity index (χ0v) is 10.0. The highest BCUT2D eigenvalue weighted by Gasteiger charge is 2.07. The number of rotatable bonds is 9. The first-order valence-corrected chi connectivity index (χ1v) is 6.92. The van der Waals surface area contributed by atoms with E-state index in [0.717, 1.165) is 12.8 Å². The Hall–Kier alpha value is 0.160. The summed E-state index contributed by atoms with van der Waals surface area (Å²) in [7, 11) is -3.19. The van der Waals surface area contributed by atoms with Crippen LogP contribution in [-0.2, 0) is 14.8 Å². The predicted molar refractivity (Wildman–Crippen MR) is 58.2 cm³/mol. The molecule has 1 N–H and O–H groups in total. The summed E-state index contributed by atoms with van der Waals surface area (Å²) in [5, 5.41) is 0. The van der Waals surface area contributed by atoms with Crippen LogP contribution in [0.15, 0.2) is 0 Å². The third-order valence-electron chi connectivity index (χ3n) is 1.56. The summed E-state index contributed by atoms with van der Waals surface area (Å²) < 4.78 is 29.7. The van der Waals surface area contributed by atoms with Crippen LogP contribution < -0.4 is 4.72 Å². The first kappa shape index (κ1) is 14.2. The Kier molecular flexibility index (Phi) is 8.56. The molecule has 86 valence electrons. The Balaban J connectivity index is 3.35. The molecule has 0 aromatic rings. The second-order valence-electron chi connectivity index (χ2n) is 2.87. The molecule has 0 heterocycles. The molecule has 0 spiro atoms. The zero-order valence-electron chi connectivity index (χ0n) is 8.46. The first-order chi connectivity index (χ1) is 6.62. The Morgan fingerprint density at radius 3 is 2.64 bits per heavy atom. The van der Waals surface area contributed by atoms with Gasteiger partial charge in [-0.3, -0.25) is 0 Å². The Morgan fingerprint density at radius 2 is 2.07 bits per heavy atom. The fourth-order valence-electron chi connectivity index (χ4n) is 0.792. The van der Waals surface area contributed by atoms with Gasteiger partial charge in [-0.05, 0) is 6.42 Å². The average molecular weight is 244 g/mol. The third-order valence-corrected chi connectivity index (χ3v) is 3.36. The molecule has 14 heavy (non-hydrogen) atoms. The number of ether oxygens (including phenoxy) is 1. The van der Waals surface area contributed by atoms with Crippen LogP contribution in [0.2, 0.25) is 0 Å². The van der Waals surface area contributed by atoms with E-state index in [4.69, 9.17) is 16.3 Å². The highest BCUT2D eigenvalue weighted by molar-refractivity contribution is 7.89. The normalized spacial score (nSPS) is 11.9. The maximum absolute atomic E-state index is 11.1. The van der Waals surface area contributed by atoms with Crippen molar-refractivity contribution in [1.29, 1.82) is 0 Å². The lowest BCUT2D eigenvalue weighted by molar-refractivity contribution is 0.136. The van der Waals surface area contributed by atoms with E-state index >= 15 is 0 Å². The maximum atomic E-state index is 11.1. The monoisotopic (exact) mass is 243 g/mol. The molecular formula is C8H18ClNO3S. The summed E-state index contributed by atoms with van der Waals surface area (Å²) in [5.41, 5.74) is 0. The van der Waals surface area contributed by atoms with Gasteiger partial charge in [0.05, 0.1) is 12.4 Å². The van der Waals surface area contributed by atoms with Gasteiger partial charge in [0.2, 0.25) is 10.0 Å². The Morgan fingerprint density at radius 1 is 1.36 bits per heavy atom. The topological polar surface area (TPSA) is 55.4 Å². The van der Waals surface area contributed by atoms with Gasteiger partial charge >= 0.3 is 0 Å². The summed E-state index contributed by atoms with van der Waals surface area (Å²) in [6, 6.07) is 0. The van der Waals surface area contributed by atoms with Gasteiger partial charge in [-0.2, -0.15) is 0 Å². The molecule has 0 amide bonds. The SMILES string of the molecule is CCCCOCCNS(=O)(=O)CCCl. The fraction of sp³-hybridized carbons (Fsp3) is 1.00. The number of hydrogen-bond donors (Lipinski definition) is 1. The molecule has 0 rings (SSSR count). The maximum Gasteiger partial charge on any atom is 0.212 e. The second-order valence-corrected chi connectivity index (χ2v) is 5.17. The molecule has 0 saturated heterocycles. The number of alkyl halides is 1. The smallest absolute Gasteiger partial charge is 0.212 e. The van der Waals surface area contributed by atoms with Crippen molar-refractivity contribution in [2.24, 2.45) is 0 Å². The summed E-state index contributed by atoms with van der Waals surface area (Å²) in [4.78, 5) is 0. The van der Waals surface area contributed by atoms with E-state index in [1.807, 2.05) is 0 Å². The van der Waals surface area contributed by atoms with Gasteiger partial charge < -0.3 is 4.74 Å². The van der Waals surface area contributed by atoms with Crippen molar-refractivity contribution in [2.75, 3.05) is 31.4 Å². The zero-order chi connectivity index (χ0) is 10.9. The van der Waals surface area contributed by atoms with Gasteiger partial charge in [0.15, 0.2) is 0 Å². The minimum absolute atomic E-state index is 0.0382. The minimum atomic E-state index is -3.19. The van der Waals surface area contributed by atoms with Crippen LogP contribution in [0.3, 0.4) is 0 Å². The molecule has 0 fully saturated rings. The van der Waals surface area contributed by atoms with E-state index < -0.39 is 10.0 Å². The highest BCUT2D eigenvalue weighted by atomic mass is 35.5. The van der Waals surface area contributed by atoms with E-state index in [1.165, 1.54) is 0 Å². The Bertz CT molecular complexity index is 219. The summed E-state index contributed by atoms with van der Waals surface area (Å²) in [5.74, 6) is 0.0789. The van der Waals surface area contributed by atoms with Crippen LogP contribution in [0.4, 0.5) is 0 Å². The van der Waals surface area contributed by atoms with Gasteiger partial charge in [-0.15, -0.1) is 11.6 Å². The lowest BCUT2D eigenvalue weighted by Gasteiger charge is -2.05.